The molecule has 1 aliphatic rings. The quantitative estimate of drug-likeness (QED) is 0.855. The van der Waals surface area contributed by atoms with Crippen LogP contribution in [0, 0.1) is 5.92 Å². The molecule has 17 heavy (non-hydrogen) atoms. The van der Waals surface area contributed by atoms with Crippen molar-refractivity contribution in [3.63, 3.8) is 0 Å². The highest BCUT2D eigenvalue weighted by molar-refractivity contribution is 5.76. The van der Waals surface area contributed by atoms with Crippen molar-refractivity contribution in [2.45, 2.75) is 38.3 Å². The highest BCUT2D eigenvalue weighted by Gasteiger charge is 2.61. The van der Waals surface area contributed by atoms with Crippen molar-refractivity contribution in [2.75, 3.05) is 0 Å². The first-order valence-electron chi connectivity index (χ1n) is 5.78. The molecule has 0 aliphatic heterocycles. The highest BCUT2D eigenvalue weighted by atomic mass is 19.1. The Hall–Kier alpha value is -1.38. The van der Waals surface area contributed by atoms with Crippen molar-refractivity contribution in [1.29, 1.82) is 0 Å². The van der Waals surface area contributed by atoms with Gasteiger partial charge >= 0.3 is 5.97 Å². The van der Waals surface area contributed by atoms with E-state index in [0.717, 1.165) is 5.56 Å². The second kappa shape index (κ2) is 3.56. The molecule has 0 radical (unpaired) electrons. The molecule has 2 nitrogen and oxygen atoms in total. The Bertz CT molecular complexity index is 444. The van der Waals surface area contributed by atoms with Crippen LogP contribution in [0.3, 0.4) is 0 Å². The predicted octanol–water partition coefficient (Wildman–Crippen LogP) is 3.25. The van der Waals surface area contributed by atoms with E-state index in [4.69, 9.17) is 5.11 Å². The average molecular weight is 236 g/mol. The van der Waals surface area contributed by atoms with Gasteiger partial charge in [-0.2, -0.15) is 0 Å². The Morgan fingerprint density at radius 1 is 1.35 bits per heavy atom. The van der Waals surface area contributed by atoms with Gasteiger partial charge in [0, 0.05) is 6.42 Å². The third-order valence-electron chi connectivity index (χ3n) is 3.42. The van der Waals surface area contributed by atoms with Gasteiger partial charge in [0.2, 0.25) is 0 Å². The summed E-state index contributed by atoms with van der Waals surface area (Å²) in [5.41, 5.74) is -0.0183. The summed E-state index contributed by atoms with van der Waals surface area (Å²) in [5, 5.41) is 8.79. The van der Waals surface area contributed by atoms with E-state index in [-0.39, 0.29) is 11.8 Å². The zero-order valence-corrected chi connectivity index (χ0v) is 10.3. The molecular weight excluding hydrogens is 219 g/mol. The van der Waals surface area contributed by atoms with E-state index in [1.54, 1.807) is 12.1 Å². The van der Waals surface area contributed by atoms with E-state index >= 15 is 0 Å². The molecule has 1 aliphatic carbocycles. The van der Waals surface area contributed by atoms with Crippen LogP contribution < -0.4 is 0 Å². The smallest absolute Gasteiger partial charge is 0.310 e. The van der Waals surface area contributed by atoms with Gasteiger partial charge in [0.25, 0.3) is 0 Å². The normalized spacial score (nSPS) is 27.9. The third-order valence-corrected chi connectivity index (χ3v) is 3.42. The SMILES string of the molecule is CC(C)(C)c1ccc([C@@]2(F)C[C@@H]2C(=O)O)cc1. The van der Waals surface area contributed by atoms with Gasteiger partial charge in [0.1, 0.15) is 5.67 Å². The van der Waals surface area contributed by atoms with Crippen LogP contribution >= 0.6 is 0 Å². The maximum Gasteiger partial charge on any atom is 0.310 e. The van der Waals surface area contributed by atoms with Gasteiger partial charge in [0.15, 0.2) is 0 Å². The van der Waals surface area contributed by atoms with Crippen molar-refractivity contribution >= 4 is 5.97 Å². The summed E-state index contributed by atoms with van der Waals surface area (Å²) in [6.45, 7) is 6.26. The fourth-order valence-electron chi connectivity index (χ4n) is 2.09. The summed E-state index contributed by atoms with van der Waals surface area (Å²) in [4.78, 5) is 10.7. The number of benzene rings is 1. The Morgan fingerprint density at radius 3 is 2.24 bits per heavy atom. The molecule has 1 aromatic rings. The topological polar surface area (TPSA) is 37.3 Å². The Balaban J connectivity index is 2.23. The van der Waals surface area contributed by atoms with Crippen molar-refractivity contribution in [2.24, 2.45) is 5.92 Å². The van der Waals surface area contributed by atoms with E-state index in [0.29, 0.717) is 5.56 Å². The van der Waals surface area contributed by atoms with E-state index in [2.05, 4.69) is 20.8 Å². The summed E-state index contributed by atoms with van der Waals surface area (Å²) >= 11 is 0. The number of carboxylic acids is 1. The van der Waals surface area contributed by atoms with E-state index < -0.39 is 17.6 Å². The molecule has 0 amide bonds. The Morgan fingerprint density at radius 2 is 1.88 bits per heavy atom. The molecule has 0 heterocycles. The van der Waals surface area contributed by atoms with Crippen molar-refractivity contribution in [3.8, 4) is 0 Å². The highest BCUT2D eigenvalue weighted by Crippen LogP contribution is 2.55. The van der Waals surface area contributed by atoms with Crippen LogP contribution in [-0.2, 0) is 15.9 Å². The van der Waals surface area contributed by atoms with Gasteiger partial charge in [-0.25, -0.2) is 4.39 Å². The van der Waals surface area contributed by atoms with Gasteiger partial charge < -0.3 is 5.11 Å². The molecule has 92 valence electrons. The van der Waals surface area contributed by atoms with Crippen molar-refractivity contribution in [3.05, 3.63) is 35.4 Å². The van der Waals surface area contributed by atoms with Crippen molar-refractivity contribution < 1.29 is 14.3 Å². The molecule has 1 fully saturated rings. The fraction of sp³-hybridized carbons (Fsp3) is 0.500. The number of carboxylic acid groups (broad SMARTS) is 1. The van der Waals surface area contributed by atoms with Crippen LogP contribution in [0.4, 0.5) is 4.39 Å². The van der Waals surface area contributed by atoms with E-state index in [9.17, 15) is 9.18 Å². The van der Waals surface area contributed by atoms with E-state index in [1.807, 2.05) is 12.1 Å². The van der Waals surface area contributed by atoms with Gasteiger partial charge in [0.05, 0.1) is 5.92 Å². The first-order chi connectivity index (χ1) is 7.75. The number of aliphatic carboxylic acids is 1. The molecule has 0 saturated heterocycles. The summed E-state index contributed by atoms with van der Waals surface area (Å²) in [6.07, 6.45) is 0.0944. The van der Waals surface area contributed by atoms with Gasteiger partial charge in [-0.1, -0.05) is 45.0 Å². The summed E-state index contributed by atoms with van der Waals surface area (Å²) < 4.78 is 14.2. The molecule has 2 atom stereocenters. The number of alkyl halides is 1. The zero-order chi connectivity index (χ0) is 12.8. The standard InChI is InChI=1S/C14H17FO2/c1-13(2,3)9-4-6-10(7-5-9)14(15)8-11(14)12(16)17/h4-7,11H,8H2,1-3H3,(H,16,17)/t11-,14+/m1/s1. The summed E-state index contributed by atoms with van der Waals surface area (Å²) in [5.74, 6) is -1.92. The molecule has 1 N–H and O–H groups in total. The zero-order valence-electron chi connectivity index (χ0n) is 10.3. The van der Waals surface area contributed by atoms with Crippen molar-refractivity contribution in [1.82, 2.24) is 0 Å². The molecule has 1 saturated carbocycles. The average Bonchev–Trinajstić information content (AvgIpc) is 2.92. The van der Waals surface area contributed by atoms with Crippen LogP contribution in [0.25, 0.3) is 0 Å². The second-order valence-electron chi connectivity index (χ2n) is 5.78. The number of hydrogen-bond donors (Lipinski definition) is 1. The first kappa shape index (κ1) is 12.1. The number of rotatable bonds is 2. The molecule has 0 aromatic heterocycles. The number of carbonyl (C=O) groups is 1. The lowest BCUT2D eigenvalue weighted by molar-refractivity contribution is -0.139. The molecule has 0 bridgehead atoms. The Labute approximate surface area is 100 Å². The molecule has 2 rings (SSSR count). The summed E-state index contributed by atoms with van der Waals surface area (Å²) in [6, 6.07) is 7.19. The van der Waals surface area contributed by atoms with Crippen LogP contribution in [0.5, 0.6) is 0 Å². The second-order valence-corrected chi connectivity index (χ2v) is 5.78. The lowest BCUT2D eigenvalue weighted by Crippen LogP contribution is -2.13. The molecular formula is C14H17FO2. The van der Waals surface area contributed by atoms with E-state index in [1.165, 1.54) is 0 Å². The van der Waals surface area contributed by atoms with Crippen LogP contribution in [0.15, 0.2) is 24.3 Å². The van der Waals surface area contributed by atoms with Crippen LogP contribution in [-0.4, -0.2) is 11.1 Å². The van der Waals surface area contributed by atoms with Crippen LogP contribution in [0.1, 0.15) is 38.3 Å². The maximum absolute atomic E-state index is 14.2. The molecule has 0 spiro atoms. The van der Waals surface area contributed by atoms with Crippen LogP contribution in [0.2, 0.25) is 0 Å². The van der Waals surface area contributed by atoms with Gasteiger partial charge in [-0.05, 0) is 16.5 Å². The monoisotopic (exact) mass is 236 g/mol. The minimum absolute atomic E-state index is 0.0256. The third kappa shape index (κ3) is 2.06. The lowest BCUT2D eigenvalue weighted by atomic mass is 9.86. The van der Waals surface area contributed by atoms with Gasteiger partial charge in [-0.15, -0.1) is 0 Å². The lowest BCUT2D eigenvalue weighted by Gasteiger charge is -2.19. The fourth-order valence-corrected chi connectivity index (χ4v) is 2.09. The maximum atomic E-state index is 14.2. The van der Waals surface area contributed by atoms with Gasteiger partial charge in [-0.3, -0.25) is 4.79 Å². The number of hydrogen-bond acceptors (Lipinski definition) is 1. The Kier molecular flexibility index (Phi) is 2.53. The largest absolute Gasteiger partial charge is 0.481 e. The first-order valence-corrected chi connectivity index (χ1v) is 5.78. The molecule has 3 heteroatoms. The summed E-state index contributed by atoms with van der Waals surface area (Å²) in [7, 11) is 0. The minimum Gasteiger partial charge on any atom is -0.481 e. The number of halogens is 1. The minimum atomic E-state index is -1.65. The predicted molar refractivity (Wildman–Crippen MR) is 63.7 cm³/mol. The molecule has 1 aromatic carbocycles. The molecule has 0 unspecified atom stereocenters.